The molecule has 0 saturated carbocycles. The summed E-state index contributed by atoms with van der Waals surface area (Å²) in [5.74, 6) is 0.645. The minimum absolute atomic E-state index is 0.160. The summed E-state index contributed by atoms with van der Waals surface area (Å²) >= 11 is 0. The quantitative estimate of drug-likeness (QED) is 0.852. The molecule has 0 radical (unpaired) electrons. The number of likely N-dealkylation sites (tertiary alicyclic amines) is 1. The molecule has 142 valence electrons. The summed E-state index contributed by atoms with van der Waals surface area (Å²) in [7, 11) is 1.81. The van der Waals surface area contributed by atoms with E-state index in [9.17, 15) is 9.59 Å². The molecule has 3 heterocycles. The topological polar surface area (TPSA) is 88.5 Å². The van der Waals surface area contributed by atoms with E-state index >= 15 is 0 Å². The number of benzene rings is 1. The lowest BCUT2D eigenvalue weighted by atomic mass is 9.95. The lowest BCUT2D eigenvalue weighted by Gasteiger charge is -2.25. The third kappa shape index (κ3) is 3.60. The van der Waals surface area contributed by atoms with Crippen LogP contribution >= 0.6 is 0 Å². The predicted octanol–water partition coefficient (Wildman–Crippen LogP) is 2.58. The fraction of sp³-hybridized carbons (Fsp3) is 0.421. The van der Waals surface area contributed by atoms with E-state index in [2.05, 4.69) is 15.7 Å². The van der Waals surface area contributed by atoms with Crippen molar-refractivity contribution < 1.29 is 14.3 Å². The van der Waals surface area contributed by atoms with E-state index in [1.807, 2.05) is 43.4 Å². The van der Waals surface area contributed by atoms with Crippen LogP contribution in [0, 0.1) is 0 Å². The largest absolute Gasteiger partial charge is 0.441 e. The number of aryl methyl sites for hydroxylation is 1. The van der Waals surface area contributed by atoms with Crippen molar-refractivity contribution in [3.8, 4) is 11.3 Å². The second-order valence-corrected chi connectivity index (χ2v) is 7.10. The summed E-state index contributed by atoms with van der Waals surface area (Å²) in [6.45, 7) is 1.70. The zero-order valence-corrected chi connectivity index (χ0v) is 15.3. The molecule has 2 N–H and O–H groups in total. The number of amides is 3. The smallest absolute Gasteiger partial charge is 0.407 e. The second-order valence-electron chi connectivity index (χ2n) is 7.10. The van der Waals surface area contributed by atoms with E-state index in [4.69, 9.17) is 4.74 Å². The molecule has 8 nitrogen and oxygen atoms in total. The maximum absolute atomic E-state index is 12.7. The molecule has 2 aromatic rings. The number of ether oxygens (including phenoxy) is 1. The number of urea groups is 1. The molecule has 1 atom stereocenters. The summed E-state index contributed by atoms with van der Waals surface area (Å²) in [4.78, 5) is 25.9. The molecule has 2 fully saturated rings. The standard InChI is InChI=1S/C19H23N5O3/c1-23-16(12-15(22-23)14-6-3-2-4-7-14)21-17(25)24-10-5-8-19(9-11-24)13-20-18(26)27-19/h2-4,6-7,12H,5,8-11,13H2,1H3,(H,20,26)(H,21,25)/t19-/m0/s1. The lowest BCUT2D eigenvalue weighted by Crippen LogP contribution is -2.38. The molecular weight excluding hydrogens is 346 g/mol. The molecular formula is C19H23N5O3. The van der Waals surface area contributed by atoms with Gasteiger partial charge in [-0.25, -0.2) is 9.59 Å². The normalized spacial score (nSPS) is 22.3. The van der Waals surface area contributed by atoms with Crippen LogP contribution in [0.4, 0.5) is 15.4 Å². The van der Waals surface area contributed by atoms with Gasteiger partial charge in [-0.05, 0) is 12.8 Å². The number of rotatable bonds is 2. The van der Waals surface area contributed by atoms with Crippen molar-refractivity contribution in [1.29, 1.82) is 0 Å². The number of nitrogens with zero attached hydrogens (tertiary/aromatic N) is 3. The molecule has 2 aliphatic heterocycles. The SMILES string of the molecule is Cn1nc(-c2ccccc2)cc1NC(=O)N1CCC[C@]2(CC1)CNC(=O)O2. The summed E-state index contributed by atoms with van der Waals surface area (Å²) in [5.41, 5.74) is 1.34. The highest BCUT2D eigenvalue weighted by Crippen LogP contribution is 2.29. The molecule has 3 amide bonds. The van der Waals surface area contributed by atoms with E-state index in [0.717, 1.165) is 24.1 Å². The van der Waals surface area contributed by atoms with Crippen LogP contribution in [-0.2, 0) is 11.8 Å². The zero-order valence-electron chi connectivity index (χ0n) is 15.3. The van der Waals surface area contributed by atoms with E-state index in [-0.39, 0.29) is 12.1 Å². The van der Waals surface area contributed by atoms with Crippen molar-refractivity contribution >= 4 is 17.9 Å². The van der Waals surface area contributed by atoms with Gasteiger partial charge in [-0.2, -0.15) is 5.10 Å². The molecule has 1 spiro atoms. The average Bonchev–Trinajstić information content (AvgIpc) is 3.13. The molecule has 1 aromatic heterocycles. The van der Waals surface area contributed by atoms with Crippen LogP contribution in [0.25, 0.3) is 11.3 Å². The van der Waals surface area contributed by atoms with Crippen molar-refractivity contribution in [3.05, 3.63) is 36.4 Å². The number of hydrogen-bond donors (Lipinski definition) is 2. The summed E-state index contributed by atoms with van der Waals surface area (Å²) in [6, 6.07) is 11.6. The van der Waals surface area contributed by atoms with Gasteiger partial charge in [-0.15, -0.1) is 0 Å². The number of carbonyl (C=O) groups is 2. The van der Waals surface area contributed by atoms with Gasteiger partial charge in [0.05, 0.1) is 12.2 Å². The van der Waals surface area contributed by atoms with Gasteiger partial charge in [0.1, 0.15) is 11.4 Å². The summed E-state index contributed by atoms with van der Waals surface area (Å²) < 4.78 is 7.13. The Hall–Kier alpha value is -3.03. The highest BCUT2D eigenvalue weighted by Gasteiger charge is 2.41. The fourth-order valence-electron chi connectivity index (χ4n) is 3.67. The third-order valence-corrected chi connectivity index (χ3v) is 5.23. The van der Waals surface area contributed by atoms with Gasteiger partial charge in [-0.3, -0.25) is 10.00 Å². The summed E-state index contributed by atoms with van der Waals surface area (Å²) in [6.07, 6.45) is 1.83. The number of carbonyl (C=O) groups excluding carboxylic acids is 2. The molecule has 2 saturated heterocycles. The fourth-order valence-corrected chi connectivity index (χ4v) is 3.67. The van der Waals surface area contributed by atoms with Gasteiger partial charge < -0.3 is 15.0 Å². The Balaban J connectivity index is 1.42. The van der Waals surface area contributed by atoms with Crippen molar-refractivity contribution in [3.63, 3.8) is 0 Å². The Morgan fingerprint density at radius 3 is 2.81 bits per heavy atom. The van der Waals surface area contributed by atoms with Gasteiger partial charge in [0.15, 0.2) is 0 Å². The first-order valence-corrected chi connectivity index (χ1v) is 9.17. The Labute approximate surface area is 157 Å². The maximum atomic E-state index is 12.7. The molecule has 8 heteroatoms. The average molecular weight is 369 g/mol. The Bertz CT molecular complexity index is 850. The van der Waals surface area contributed by atoms with Crippen LogP contribution < -0.4 is 10.6 Å². The Kier molecular flexibility index (Phi) is 4.47. The number of anilines is 1. The molecule has 0 bridgehead atoms. The molecule has 2 aliphatic rings. The van der Waals surface area contributed by atoms with Crippen LogP contribution in [0.15, 0.2) is 36.4 Å². The van der Waals surface area contributed by atoms with Crippen LogP contribution in [0.2, 0.25) is 0 Å². The van der Waals surface area contributed by atoms with Gasteiger partial charge in [0.2, 0.25) is 0 Å². The highest BCUT2D eigenvalue weighted by molar-refractivity contribution is 5.89. The highest BCUT2D eigenvalue weighted by atomic mass is 16.6. The molecule has 27 heavy (non-hydrogen) atoms. The molecule has 1 aromatic carbocycles. The first-order chi connectivity index (χ1) is 13.0. The van der Waals surface area contributed by atoms with Gasteiger partial charge in [0.25, 0.3) is 0 Å². The second kappa shape index (κ2) is 6.94. The molecule has 0 aliphatic carbocycles. The minimum Gasteiger partial charge on any atom is -0.441 e. The van der Waals surface area contributed by atoms with Crippen LogP contribution in [-0.4, -0.2) is 52.0 Å². The number of hydrogen-bond acceptors (Lipinski definition) is 4. The monoisotopic (exact) mass is 369 g/mol. The van der Waals surface area contributed by atoms with Crippen LogP contribution in [0.5, 0.6) is 0 Å². The number of aromatic nitrogens is 2. The van der Waals surface area contributed by atoms with Crippen LogP contribution in [0.1, 0.15) is 19.3 Å². The minimum atomic E-state index is -0.473. The Morgan fingerprint density at radius 2 is 2.07 bits per heavy atom. The number of alkyl carbamates (subject to hydrolysis) is 1. The van der Waals surface area contributed by atoms with Crippen molar-refractivity contribution in [2.75, 3.05) is 25.0 Å². The van der Waals surface area contributed by atoms with Gasteiger partial charge in [0, 0.05) is 38.2 Å². The van der Waals surface area contributed by atoms with E-state index in [1.54, 1.807) is 9.58 Å². The van der Waals surface area contributed by atoms with Crippen molar-refractivity contribution in [2.45, 2.75) is 24.9 Å². The van der Waals surface area contributed by atoms with Gasteiger partial charge >= 0.3 is 12.1 Å². The van der Waals surface area contributed by atoms with E-state index in [1.165, 1.54) is 0 Å². The van der Waals surface area contributed by atoms with Crippen molar-refractivity contribution in [1.82, 2.24) is 20.0 Å². The zero-order chi connectivity index (χ0) is 18.9. The van der Waals surface area contributed by atoms with Gasteiger partial charge in [-0.1, -0.05) is 30.3 Å². The third-order valence-electron chi connectivity index (χ3n) is 5.23. The van der Waals surface area contributed by atoms with Crippen molar-refractivity contribution in [2.24, 2.45) is 7.05 Å². The lowest BCUT2D eigenvalue weighted by molar-refractivity contribution is 0.0454. The number of nitrogens with one attached hydrogen (secondary N) is 2. The molecule has 4 rings (SSSR count). The predicted molar refractivity (Wildman–Crippen MR) is 100 cm³/mol. The van der Waals surface area contributed by atoms with E-state index < -0.39 is 5.60 Å². The Morgan fingerprint density at radius 1 is 1.26 bits per heavy atom. The summed E-state index contributed by atoms with van der Waals surface area (Å²) in [5, 5.41) is 10.2. The first-order valence-electron chi connectivity index (χ1n) is 9.17. The van der Waals surface area contributed by atoms with Crippen LogP contribution in [0.3, 0.4) is 0 Å². The first kappa shape index (κ1) is 17.4. The molecule has 0 unspecified atom stereocenters. The maximum Gasteiger partial charge on any atom is 0.407 e. The van der Waals surface area contributed by atoms with E-state index in [0.29, 0.717) is 31.9 Å².